The summed E-state index contributed by atoms with van der Waals surface area (Å²) < 4.78 is 0. The van der Waals surface area contributed by atoms with E-state index in [1.165, 1.54) is 4.80 Å². The number of hydrogen-bond acceptors (Lipinski definition) is 8. The van der Waals surface area contributed by atoms with Gasteiger partial charge >= 0.3 is 0 Å². The van der Waals surface area contributed by atoms with Crippen LogP contribution in [0.3, 0.4) is 0 Å². The van der Waals surface area contributed by atoms with Crippen molar-refractivity contribution in [3.8, 4) is 5.82 Å². The van der Waals surface area contributed by atoms with E-state index in [0.29, 0.717) is 16.7 Å². The third kappa shape index (κ3) is 7.31. The lowest BCUT2D eigenvalue weighted by Gasteiger charge is -2.27. The Bertz CT molecular complexity index is 1120. The summed E-state index contributed by atoms with van der Waals surface area (Å²) in [5.41, 5.74) is 2.66. The molecule has 2 aromatic rings. The molecule has 2 aliphatic heterocycles. The second-order valence-corrected chi connectivity index (χ2v) is 8.30. The summed E-state index contributed by atoms with van der Waals surface area (Å²) in [6.45, 7) is 16.4. The fourth-order valence-electron chi connectivity index (χ4n) is 3.92. The number of amidine groups is 1. The van der Waals surface area contributed by atoms with E-state index in [-0.39, 0.29) is 23.8 Å². The summed E-state index contributed by atoms with van der Waals surface area (Å²) in [5, 5.41) is 17.1. The Morgan fingerprint density at radius 3 is 2.27 bits per heavy atom. The van der Waals surface area contributed by atoms with Gasteiger partial charge < -0.3 is 10.1 Å². The van der Waals surface area contributed by atoms with Crippen LogP contribution in [0.1, 0.15) is 61.8 Å². The van der Waals surface area contributed by atoms with Crippen molar-refractivity contribution in [2.45, 2.75) is 61.8 Å². The zero-order valence-electron chi connectivity index (χ0n) is 23.3. The number of nitrogens with one attached hydrogen (secondary N) is 1. The maximum absolute atomic E-state index is 11.4. The highest BCUT2D eigenvalue weighted by Gasteiger charge is 2.45. The van der Waals surface area contributed by atoms with E-state index in [9.17, 15) is 9.59 Å². The van der Waals surface area contributed by atoms with Crippen molar-refractivity contribution in [3.63, 3.8) is 0 Å². The predicted molar refractivity (Wildman–Crippen MR) is 150 cm³/mol. The molecule has 10 nitrogen and oxygen atoms in total. The van der Waals surface area contributed by atoms with Crippen LogP contribution in [0.2, 0.25) is 5.02 Å². The van der Waals surface area contributed by atoms with Gasteiger partial charge in [0.25, 0.3) is 5.91 Å². The molecule has 37 heavy (non-hydrogen) atoms. The molecule has 3 aliphatic rings. The number of aromatic nitrogens is 4. The summed E-state index contributed by atoms with van der Waals surface area (Å²) in [5.74, 6) is 0.873. The van der Waals surface area contributed by atoms with E-state index >= 15 is 0 Å². The van der Waals surface area contributed by atoms with Gasteiger partial charge in [-0.25, -0.2) is 9.99 Å². The molecule has 1 N–H and O–H groups in total. The van der Waals surface area contributed by atoms with E-state index in [1.807, 2.05) is 41.5 Å². The van der Waals surface area contributed by atoms with Crippen molar-refractivity contribution >= 4 is 41.5 Å². The van der Waals surface area contributed by atoms with Crippen LogP contribution in [0, 0.1) is 11.3 Å². The van der Waals surface area contributed by atoms with Crippen LogP contribution < -0.4 is 5.32 Å². The van der Waals surface area contributed by atoms with Gasteiger partial charge in [0, 0.05) is 18.5 Å². The quantitative estimate of drug-likeness (QED) is 0.541. The molecule has 1 atom stereocenters. The van der Waals surface area contributed by atoms with E-state index in [2.05, 4.69) is 44.4 Å². The molecular weight excluding hydrogens is 492 g/mol. The molecule has 0 fully saturated rings. The Hall–Kier alpha value is -3.40. The molecular formula is C26H39ClN8O2. The van der Waals surface area contributed by atoms with E-state index < -0.39 is 0 Å². The largest absolute Gasteiger partial charge is 0.387 e. The standard InChI is InChI=1S/C12H13N3O2.C8H8ClN5.3C2H6/c1-12(2)3-7(6-16)8-4-13-15-5-9(17)14-11(15)10(8)12;1-10-6-4-7(9)8(11-5-6)14-12-2-3-13-14;3*1-2/h4,6-7H,3,5H2,1-2H3;2-5,10H,1H3;3*1-2H3. The number of aliphatic imine (C=N–C) groups is 1. The third-order valence-corrected chi connectivity index (χ3v) is 5.58. The molecule has 0 saturated carbocycles. The van der Waals surface area contributed by atoms with Crippen LogP contribution in [0.15, 0.2) is 45.9 Å². The van der Waals surface area contributed by atoms with Crippen molar-refractivity contribution in [2.75, 3.05) is 18.9 Å². The van der Waals surface area contributed by atoms with Gasteiger partial charge in [-0.1, -0.05) is 67.0 Å². The molecule has 5 rings (SSSR count). The van der Waals surface area contributed by atoms with Crippen molar-refractivity contribution in [1.82, 2.24) is 25.0 Å². The Labute approximate surface area is 224 Å². The van der Waals surface area contributed by atoms with Gasteiger partial charge in [-0.15, -0.1) is 4.80 Å². The van der Waals surface area contributed by atoms with E-state index in [4.69, 9.17) is 11.6 Å². The summed E-state index contributed by atoms with van der Waals surface area (Å²) in [6, 6.07) is 1.77. The molecule has 1 unspecified atom stereocenters. The molecule has 0 spiro atoms. The number of rotatable bonds is 3. The first-order chi connectivity index (χ1) is 17.8. The van der Waals surface area contributed by atoms with Crippen LogP contribution in [-0.2, 0) is 9.59 Å². The first kappa shape index (κ1) is 31.6. The molecule has 0 bridgehead atoms. The summed E-state index contributed by atoms with van der Waals surface area (Å²) in [6.07, 6.45) is 8.25. The fraction of sp³-hybridized carbons (Fsp3) is 0.500. The highest BCUT2D eigenvalue weighted by Crippen LogP contribution is 2.47. The minimum atomic E-state index is -0.170. The van der Waals surface area contributed by atoms with Crippen LogP contribution in [-0.4, -0.2) is 62.8 Å². The number of anilines is 1. The minimum absolute atomic E-state index is 0.121. The number of pyridine rings is 1. The normalized spacial score (nSPS) is 17.8. The molecule has 11 heteroatoms. The van der Waals surface area contributed by atoms with Crippen molar-refractivity contribution in [1.29, 1.82) is 0 Å². The number of fused-ring (bicyclic) bond motifs is 2. The average molecular weight is 531 g/mol. The molecule has 0 radical (unpaired) electrons. The van der Waals surface area contributed by atoms with Crippen molar-refractivity contribution in [3.05, 3.63) is 40.8 Å². The number of carbonyl (C=O) groups excluding carboxylic acids is 2. The van der Waals surface area contributed by atoms with Crippen LogP contribution >= 0.6 is 11.6 Å². The number of hydrogen-bond donors (Lipinski definition) is 1. The lowest BCUT2D eigenvalue weighted by atomic mass is 9.83. The number of amides is 1. The Balaban J connectivity index is 0.000000312. The average Bonchev–Trinajstić information content (AvgIpc) is 3.65. The van der Waals surface area contributed by atoms with Crippen LogP contribution in [0.4, 0.5) is 5.69 Å². The maximum atomic E-state index is 11.4. The molecule has 0 saturated heterocycles. The maximum Gasteiger partial charge on any atom is 0.269 e. The fourth-order valence-corrected chi connectivity index (χ4v) is 4.16. The number of hydrazone groups is 1. The van der Waals surface area contributed by atoms with Crippen molar-refractivity contribution in [2.24, 2.45) is 21.4 Å². The van der Waals surface area contributed by atoms with Gasteiger partial charge in [0.1, 0.15) is 12.8 Å². The third-order valence-electron chi connectivity index (χ3n) is 5.30. The lowest BCUT2D eigenvalue weighted by molar-refractivity contribution is -0.117. The van der Waals surface area contributed by atoms with Crippen LogP contribution in [0.25, 0.3) is 5.82 Å². The van der Waals surface area contributed by atoms with Gasteiger partial charge in [0.05, 0.1) is 35.5 Å². The Morgan fingerprint density at radius 2 is 1.73 bits per heavy atom. The highest BCUT2D eigenvalue weighted by atomic mass is 35.5. The zero-order valence-corrected chi connectivity index (χ0v) is 24.0. The monoisotopic (exact) mass is 530 g/mol. The smallest absolute Gasteiger partial charge is 0.269 e. The molecule has 1 amide bonds. The predicted octanol–water partition coefficient (Wildman–Crippen LogP) is 5.20. The highest BCUT2D eigenvalue weighted by molar-refractivity contribution is 6.32. The van der Waals surface area contributed by atoms with E-state index in [0.717, 1.165) is 29.5 Å². The number of nitrogens with zero attached hydrogens (tertiary/aromatic N) is 7. The van der Waals surface area contributed by atoms with E-state index in [1.54, 1.807) is 42.9 Å². The summed E-state index contributed by atoms with van der Waals surface area (Å²) in [7, 11) is 1.80. The van der Waals surface area contributed by atoms with Gasteiger partial charge in [-0.05, 0) is 23.5 Å². The number of aldehydes is 1. The Kier molecular flexibility index (Phi) is 12.8. The first-order valence-electron chi connectivity index (χ1n) is 12.7. The van der Waals surface area contributed by atoms with Crippen molar-refractivity contribution < 1.29 is 9.59 Å². The molecule has 1 aliphatic carbocycles. The zero-order chi connectivity index (χ0) is 28.2. The number of carbonyl (C=O) groups is 2. The molecule has 202 valence electrons. The molecule has 4 heterocycles. The van der Waals surface area contributed by atoms with Gasteiger partial charge in [-0.3, -0.25) is 4.79 Å². The Morgan fingerprint density at radius 1 is 1.11 bits per heavy atom. The summed E-state index contributed by atoms with van der Waals surface area (Å²) in [4.78, 5) is 32.0. The second kappa shape index (κ2) is 15.0. The SMILES string of the molecule is CC.CC.CC.CC1(C)CC(C=O)C2=C1C1=NC(=O)CN1N=C2.CNc1cnc(-n2nccn2)c(Cl)c1. The number of allylic oxidation sites excluding steroid dienone is 1. The first-order valence-corrected chi connectivity index (χ1v) is 13.0. The van der Waals surface area contributed by atoms with Gasteiger partial charge in [0.2, 0.25) is 0 Å². The molecule has 2 aromatic heterocycles. The summed E-state index contributed by atoms with van der Waals surface area (Å²) >= 11 is 6.00. The molecule has 0 aromatic carbocycles. The number of halogens is 1. The topological polar surface area (TPSA) is 118 Å². The second-order valence-electron chi connectivity index (χ2n) is 7.89. The minimum Gasteiger partial charge on any atom is -0.387 e. The van der Waals surface area contributed by atoms with Gasteiger partial charge in [0.15, 0.2) is 11.7 Å². The lowest BCUT2D eigenvalue weighted by Crippen LogP contribution is -2.32. The van der Waals surface area contributed by atoms with Gasteiger partial charge in [-0.2, -0.15) is 20.3 Å². The van der Waals surface area contributed by atoms with Crippen LogP contribution in [0.5, 0.6) is 0 Å².